The highest BCUT2D eigenvalue weighted by atomic mass is 35.5. The Hall–Kier alpha value is -1.63. The molecule has 3 N–H and O–H groups in total. The summed E-state index contributed by atoms with van der Waals surface area (Å²) in [6.45, 7) is 5.04. The zero-order chi connectivity index (χ0) is 16.8. The lowest BCUT2D eigenvalue weighted by Crippen LogP contribution is -2.32. The second-order valence-corrected chi connectivity index (χ2v) is 5.92. The number of amides is 1. The number of para-hydroxylation sites is 1. The van der Waals surface area contributed by atoms with Crippen LogP contribution in [0.1, 0.15) is 36.7 Å². The monoisotopic (exact) mass is 371 g/mol. The molecule has 0 aliphatic rings. The van der Waals surface area contributed by atoms with Crippen LogP contribution in [-0.2, 0) is 6.42 Å². The van der Waals surface area contributed by atoms with Gasteiger partial charge in [-0.3, -0.25) is 4.79 Å². The van der Waals surface area contributed by atoms with Crippen molar-refractivity contribution in [2.45, 2.75) is 26.7 Å². The summed E-state index contributed by atoms with van der Waals surface area (Å²) in [5.41, 5.74) is 6.28. The Labute approximate surface area is 153 Å². The number of benzene rings is 1. The number of nitrogens with one attached hydrogen (secondary N) is 1. The van der Waals surface area contributed by atoms with Gasteiger partial charge in [0.1, 0.15) is 5.82 Å². The summed E-state index contributed by atoms with van der Waals surface area (Å²) in [5.74, 6) is 0.781. The number of carbonyl (C=O) groups is 1. The van der Waals surface area contributed by atoms with E-state index in [1.807, 2.05) is 32.0 Å². The number of hydrogen-bond acceptors (Lipinski definition) is 4. The molecule has 1 unspecified atom stereocenters. The summed E-state index contributed by atoms with van der Waals surface area (Å²) in [6.07, 6.45) is 1.61. The molecule has 24 heavy (non-hydrogen) atoms. The SMILES string of the molecule is CCCc1nc(C(=O)NCC(C)CN)nn1-c1ccccc1Cl.Cl. The van der Waals surface area contributed by atoms with E-state index in [-0.39, 0.29) is 30.1 Å². The van der Waals surface area contributed by atoms with Crippen LogP contribution in [0.15, 0.2) is 24.3 Å². The van der Waals surface area contributed by atoms with Crippen molar-refractivity contribution in [3.05, 3.63) is 40.9 Å². The van der Waals surface area contributed by atoms with Crippen LogP contribution >= 0.6 is 24.0 Å². The summed E-state index contributed by atoms with van der Waals surface area (Å²) in [4.78, 5) is 16.6. The maximum Gasteiger partial charge on any atom is 0.290 e. The third-order valence-electron chi connectivity index (χ3n) is 3.44. The molecule has 2 aromatic rings. The molecule has 132 valence electrons. The number of halogens is 2. The minimum atomic E-state index is -0.298. The Kier molecular flexibility index (Phi) is 8.18. The van der Waals surface area contributed by atoms with Gasteiger partial charge in [0.15, 0.2) is 0 Å². The topological polar surface area (TPSA) is 85.8 Å². The Morgan fingerprint density at radius 3 is 2.75 bits per heavy atom. The van der Waals surface area contributed by atoms with Crippen LogP contribution in [-0.4, -0.2) is 33.8 Å². The molecule has 1 aromatic carbocycles. The predicted octanol–water partition coefficient (Wildman–Crippen LogP) is 2.62. The quantitative estimate of drug-likeness (QED) is 0.782. The zero-order valence-electron chi connectivity index (χ0n) is 13.8. The molecule has 0 saturated heterocycles. The van der Waals surface area contributed by atoms with E-state index in [4.69, 9.17) is 17.3 Å². The van der Waals surface area contributed by atoms with Crippen LogP contribution in [0.2, 0.25) is 5.02 Å². The number of aromatic nitrogens is 3. The molecule has 8 heteroatoms. The van der Waals surface area contributed by atoms with E-state index in [1.165, 1.54) is 0 Å². The molecule has 1 amide bonds. The number of nitrogens with zero attached hydrogens (tertiary/aromatic N) is 3. The molecular formula is C16H23Cl2N5O. The largest absolute Gasteiger partial charge is 0.349 e. The zero-order valence-corrected chi connectivity index (χ0v) is 15.4. The molecule has 1 atom stereocenters. The molecule has 2 rings (SSSR count). The third-order valence-corrected chi connectivity index (χ3v) is 3.76. The Morgan fingerprint density at radius 2 is 2.12 bits per heavy atom. The molecule has 0 radical (unpaired) electrons. The second kappa shape index (κ2) is 9.61. The van der Waals surface area contributed by atoms with E-state index in [0.717, 1.165) is 17.9 Å². The van der Waals surface area contributed by atoms with Gasteiger partial charge in [-0.15, -0.1) is 17.5 Å². The van der Waals surface area contributed by atoms with E-state index < -0.39 is 0 Å². The fourth-order valence-electron chi connectivity index (χ4n) is 2.07. The fraction of sp³-hybridized carbons (Fsp3) is 0.438. The molecule has 0 spiro atoms. The Morgan fingerprint density at radius 1 is 1.42 bits per heavy atom. The van der Waals surface area contributed by atoms with Crippen LogP contribution < -0.4 is 11.1 Å². The van der Waals surface area contributed by atoms with Crippen LogP contribution in [0.25, 0.3) is 5.69 Å². The first-order valence-electron chi connectivity index (χ1n) is 7.75. The number of nitrogens with two attached hydrogens (primary N) is 1. The average molecular weight is 372 g/mol. The van der Waals surface area contributed by atoms with Crippen molar-refractivity contribution in [2.75, 3.05) is 13.1 Å². The highest BCUT2D eigenvalue weighted by Gasteiger charge is 2.18. The van der Waals surface area contributed by atoms with Gasteiger partial charge in [-0.2, -0.15) is 0 Å². The van der Waals surface area contributed by atoms with Crippen molar-refractivity contribution in [1.82, 2.24) is 20.1 Å². The van der Waals surface area contributed by atoms with Gasteiger partial charge in [-0.05, 0) is 31.0 Å². The van der Waals surface area contributed by atoms with E-state index >= 15 is 0 Å². The van der Waals surface area contributed by atoms with Crippen LogP contribution in [0.3, 0.4) is 0 Å². The number of carbonyl (C=O) groups excluding carboxylic acids is 1. The number of rotatable bonds is 7. The fourth-order valence-corrected chi connectivity index (χ4v) is 2.29. The highest BCUT2D eigenvalue weighted by Crippen LogP contribution is 2.21. The lowest BCUT2D eigenvalue weighted by molar-refractivity contribution is 0.0938. The van der Waals surface area contributed by atoms with Gasteiger partial charge in [0.2, 0.25) is 5.82 Å². The maximum absolute atomic E-state index is 12.2. The number of hydrogen-bond donors (Lipinski definition) is 2. The van der Waals surface area contributed by atoms with Gasteiger partial charge in [0, 0.05) is 13.0 Å². The van der Waals surface area contributed by atoms with Gasteiger partial charge in [0.05, 0.1) is 10.7 Å². The van der Waals surface area contributed by atoms with Gasteiger partial charge in [0.25, 0.3) is 5.91 Å². The van der Waals surface area contributed by atoms with Crippen molar-refractivity contribution in [2.24, 2.45) is 11.7 Å². The number of aryl methyl sites for hydroxylation is 1. The normalized spacial score (nSPS) is 11.7. The smallest absolute Gasteiger partial charge is 0.290 e. The van der Waals surface area contributed by atoms with Crippen molar-refractivity contribution < 1.29 is 4.79 Å². The predicted molar refractivity (Wildman–Crippen MR) is 98.2 cm³/mol. The second-order valence-electron chi connectivity index (χ2n) is 5.52. The van der Waals surface area contributed by atoms with Crippen molar-refractivity contribution >= 4 is 29.9 Å². The van der Waals surface area contributed by atoms with Crippen molar-refractivity contribution in [1.29, 1.82) is 0 Å². The maximum atomic E-state index is 12.2. The summed E-state index contributed by atoms with van der Waals surface area (Å²) in [5, 5.41) is 7.72. The minimum Gasteiger partial charge on any atom is -0.349 e. The molecular weight excluding hydrogens is 349 g/mol. The first-order chi connectivity index (χ1) is 11.1. The van der Waals surface area contributed by atoms with Crippen molar-refractivity contribution in [3.8, 4) is 5.69 Å². The van der Waals surface area contributed by atoms with E-state index in [1.54, 1.807) is 10.7 Å². The Bertz CT molecular complexity index is 674. The third kappa shape index (κ3) is 4.93. The molecule has 1 aromatic heterocycles. The molecule has 0 bridgehead atoms. The first kappa shape index (κ1) is 20.4. The van der Waals surface area contributed by atoms with E-state index in [0.29, 0.717) is 24.5 Å². The molecule has 1 heterocycles. The summed E-state index contributed by atoms with van der Waals surface area (Å²) in [7, 11) is 0. The molecule has 6 nitrogen and oxygen atoms in total. The molecule has 0 fully saturated rings. The summed E-state index contributed by atoms with van der Waals surface area (Å²) >= 11 is 6.24. The minimum absolute atomic E-state index is 0. The van der Waals surface area contributed by atoms with Gasteiger partial charge in [-0.1, -0.05) is 37.6 Å². The molecule has 0 aliphatic heterocycles. The average Bonchev–Trinajstić information content (AvgIpc) is 2.97. The van der Waals surface area contributed by atoms with Gasteiger partial charge in [-0.25, -0.2) is 9.67 Å². The first-order valence-corrected chi connectivity index (χ1v) is 8.13. The lowest BCUT2D eigenvalue weighted by Gasteiger charge is -2.08. The van der Waals surface area contributed by atoms with Crippen LogP contribution in [0.4, 0.5) is 0 Å². The highest BCUT2D eigenvalue weighted by molar-refractivity contribution is 6.32. The van der Waals surface area contributed by atoms with Crippen molar-refractivity contribution in [3.63, 3.8) is 0 Å². The summed E-state index contributed by atoms with van der Waals surface area (Å²) < 4.78 is 1.65. The van der Waals surface area contributed by atoms with Gasteiger partial charge < -0.3 is 11.1 Å². The Balaban J connectivity index is 0.00000288. The van der Waals surface area contributed by atoms with E-state index in [2.05, 4.69) is 15.4 Å². The molecule has 0 saturated carbocycles. The van der Waals surface area contributed by atoms with Gasteiger partial charge >= 0.3 is 0 Å². The van der Waals surface area contributed by atoms with Crippen LogP contribution in [0, 0.1) is 5.92 Å². The lowest BCUT2D eigenvalue weighted by atomic mass is 10.2. The van der Waals surface area contributed by atoms with E-state index in [9.17, 15) is 4.79 Å². The molecule has 0 aliphatic carbocycles. The summed E-state index contributed by atoms with van der Waals surface area (Å²) in [6, 6.07) is 7.37. The van der Waals surface area contributed by atoms with Crippen LogP contribution in [0.5, 0.6) is 0 Å². The standard InChI is InChI=1S/C16H22ClN5O.ClH/c1-3-6-14-20-15(16(23)19-10-11(2)9-18)21-22(14)13-8-5-4-7-12(13)17;/h4-5,7-8,11H,3,6,9-10,18H2,1-2H3,(H,19,23);1H.